The first kappa shape index (κ1) is 18.9. The highest BCUT2D eigenvalue weighted by atomic mass is 16.5. The average Bonchev–Trinajstić information content (AvgIpc) is 2.47. The third kappa shape index (κ3) is 10.8. The van der Waals surface area contributed by atoms with Gasteiger partial charge in [0.25, 0.3) is 0 Å². The van der Waals surface area contributed by atoms with Crippen LogP contribution in [0.25, 0.3) is 0 Å². The van der Waals surface area contributed by atoms with Crippen molar-refractivity contribution in [3.05, 3.63) is 0 Å². The third-order valence-electron chi connectivity index (χ3n) is 3.30. The average molecular weight is 287 g/mol. The van der Waals surface area contributed by atoms with Gasteiger partial charge in [-0.1, -0.05) is 32.6 Å². The van der Waals surface area contributed by atoms with Crippen molar-refractivity contribution < 1.29 is 19.1 Å². The highest BCUT2D eigenvalue weighted by Gasteiger charge is 2.10. The molecule has 0 saturated heterocycles. The molecule has 0 heterocycles. The molecule has 0 aliphatic heterocycles. The van der Waals surface area contributed by atoms with E-state index in [1.807, 2.05) is 0 Å². The van der Waals surface area contributed by atoms with Crippen LogP contribution in [0, 0.1) is 0 Å². The predicted molar refractivity (Wildman–Crippen MR) is 78.5 cm³/mol. The zero-order valence-electron chi connectivity index (χ0n) is 13.2. The van der Waals surface area contributed by atoms with Gasteiger partial charge in [0.15, 0.2) is 0 Å². The highest BCUT2D eigenvalue weighted by molar-refractivity contribution is 5.70. The van der Waals surface area contributed by atoms with E-state index < -0.39 is 0 Å². The van der Waals surface area contributed by atoms with E-state index in [1.165, 1.54) is 39.9 Å². The first-order chi connectivity index (χ1) is 9.63. The van der Waals surface area contributed by atoms with Gasteiger partial charge in [-0.2, -0.15) is 0 Å². The molecular weight excluding hydrogens is 258 g/mol. The van der Waals surface area contributed by atoms with E-state index in [2.05, 4.69) is 21.3 Å². The molecule has 0 fully saturated rings. The lowest BCUT2D eigenvalue weighted by molar-refractivity contribution is -0.141. The van der Waals surface area contributed by atoms with Crippen LogP contribution in [-0.2, 0) is 19.1 Å². The number of hydrogen-bond acceptors (Lipinski definition) is 5. The summed E-state index contributed by atoms with van der Waals surface area (Å²) in [5.74, 6) is -0.418. The van der Waals surface area contributed by atoms with Crippen molar-refractivity contribution >= 4 is 11.9 Å². The maximum Gasteiger partial charge on any atom is 0.306 e. The van der Waals surface area contributed by atoms with E-state index in [0.29, 0.717) is 25.9 Å². The van der Waals surface area contributed by atoms with Gasteiger partial charge in [0, 0.05) is 13.1 Å². The molecule has 0 bridgehead atoms. The lowest BCUT2D eigenvalue weighted by atomic mass is 10.1. The van der Waals surface area contributed by atoms with Crippen LogP contribution < -0.4 is 0 Å². The Morgan fingerprint density at radius 2 is 1.30 bits per heavy atom. The number of esters is 2. The molecule has 0 aromatic carbocycles. The molecular formula is C15H29NO4. The van der Waals surface area contributed by atoms with Crippen molar-refractivity contribution in [2.75, 3.05) is 33.9 Å². The molecule has 0 unspecified atom stereocenters. The van der Waals surface area contributed by atoms with Crippen LogP contribution >= 0.6 is 0 Å². The first-order valence-electron chi connectivity index (χ1n) is 7.50. The molecule has 0 aliphatic rings. The highest BCUT2D eigenvalue weighted by Crippen LogP contribution is 2.05. The normalized spacial score (nSPS) is 10.6. The van der Waals surface area contributed by atoms with Crippen LogP contribution in [-0.4, -0.2) is 50.7 Å². The second-order valence-electron chi connectivity index (χ2n) is 4.91. The van der Waals surface area contributed by atoms with E-state index in [-0.39, 0.29) is 11.9 Å². The van der Waals surface area contributed by atoms with Gasteiger partial charge in [-0.3, -0.25) is 9.59 Å². The van der Waals surface area contributed by atoms with E-state index in [0.717, 1.165) is 13.0 Å². The van der Waals surface area contributed by atoms with Gasteiger partial charge in [0.05, 0.1) is 27.1 Å². The smallest absolute Gasteiger partial charge is 0.306 e. The molecule has 5 nitrogen and oxygen atoms in total. The molecule has 0 N–H and O–H groups in total. The fourth-order valence-corrected chi connectivity index (χ4v) is 1.98. The van der Waals surface area contributed by atoms with Gasteiger partial charge < -0.3 is 14.4 Å². The van der Waals surface area contributed by atoms with Crippen molar-refractivity contribution in [3.63, 3.8) is 0 Å². The number of nitrogens with zero attached hydrogens (tertiary/aromatic N) is 1. The van der Waals surface area contributed by atoms with Gasteiger partial charge in [0.1, 0.15) is 0 Å². The Balaban J connectivity index is 3.97. The molecule has 0 radical (unpaired) electrons. The molecule has 5 heteroatoms. The fourth-order valence-electron chi connectivity index (χ4n) is 1.98. The second kappa shape index (κ2) is 12.9. The number of carbonyl (C=O) groups excluding carboxylic acids is 2. The monoisotopic (exact) mass is 287 g/mol. The second-order valence-corrected chi connectivity index (χ2v) is 4.91. The number of methoxy groups -OCH3 is 2. The zero-order valence-corrected chi connectivity index (χ0v) is 13.2. The van der Waals surface area contributed by atoms with Gasteiger partial charge >= 0.3 is 11.9 Å². The van der Waals surface area contributed by atoms with Crippen LogP contribution in [0.2, 0.25) is 0 Å². The van der Waals surface area contributed by atoms with E-state index in [1.54, 1.807) is 0 Å². The number of hydrogen-bond donors (Lipinski definition) is 0. The summed E-state index contributed by atoms with van der Waals surface area (Å²) in [6.07, 6.45) is 6.78. The summed E-state index contributed by atoms with van der Waals surface area (Å²) in [6, 6.07) is 0. The molecule has 0 atom stereocenters. The fraction of sp³-hybridized carbons (Fsp3) is 0.867. The summed E-state index contributed by atoms with van der Waals surface area (Å²) < 4.78 is 9.30. The van der Waals surface area contributed by atoms with E-state index >= 15 is 0 Å². The molecule has 0 aromatic rings. The third-order valence-corrected chi connectivity index (χ3v) is 3.30. The Morgan fingerprint density at radius 1 is 0.800 bits per heavy atom. The molecule has 0 aliphatic carbocycles. The Labute approximate surface area is 122 Å². The zero-order chi connectivity index (χ0) is 15.2. The minimum Gasteiger partial charge on any atom is -0.469 e. The number of unbranched alkanes of at least 4 members (excludes halogenated alkanes) is 4. The minimum atomic E-state index is -0.209. The maximum absolute atomic E-state index is 11.2. The van der Waals surface area contributed by atoms with Crippen molar-refractivity contribution in [2.24, 2.45) is 0 Å². The summed E-state index contributed by atoms with van der Waals surface area (Å²) in [4.78, 5) is 24.5. The number of rotatable bonds is 12. The molecule has 0 aromatic heterocycles. The Bertz CT molecular complexity index is 249. The van der Waals surface area contributed by atoms with Crippen LogP contribution in [0.3, 0.4) is 0 Å². The van der Waals surface area contributed by atoms with Crippen LogP contribution in [0.4, 0.5) is 0 Å². The first-order valence-corrected chi connectivity index (χ1v) is 7.50. The molecule has 0 saturated carbocycles. The van der Waals surface area contributed by atoms with Gasteiger partial charge in [-0.05, 0) is 13.0 Å². The summed E-state index contributed by atoms with van der Waals surface area (Å²) in [7, 11) is 2.79. The largest absolute Gasteiger partial charge is 0.469 e. The van der Waals surface area contributed by atoms with Gasteiger partial charge in [-0.25, -0.2) is 0 Å². The molecule has 0 rings (SSSR count). The SMILES string of the molecule is CCCCCCCN(CCC(=O)OC)CCC(=O)OC. The van der Waals surface area contributed by atoms with Crippen molar-refractivity contribution in [3.8, 4) is 0 Å². The molecule has 118 valence electrons. The van der Waals surface area contributed by atoms with Gasteiger partial charge in [0.2, 0.25) is 0 Å². The van der Waals surface area contributed by atoms with Crippen LogP contribution in [0.5, 0.6) is 0 Å². The Kier molecular flexibility index (Phi) is 12.2. The quantitative estimate of drug-likeness (QED) is 0.407. The molecule has 0 spiro atoms. The minimum absolute atomic E-state index is 0.209. The number of ether oxygens (including phenoxy) is 2. The predicted octanol–water partition coefficient (Wildman–Crippen LogP) is 2.39. The van der Waals surface area contributed by atoms with Crippen LogP contribution in [0.15, 0.2) is 0 Å². The van der Waals surface area contributed by atoms with Crippen molar-refractivity contribution in [2.45, 2.75) is 51.9 Å². The number of carbonyl (C=O) groups is 2. The molecule has 0 amide bonds. The Morgan fingerprint density at radius 3 is 1.75 bits per heavy atom. The Hall–Kier alpha value is -1.10. The topological polar surface area (TPSA) is 55.8 Å². The maximum atomic E-state index is 11.2. The summed E-state index contributed by atoms with van der Waals surface area (Å²) >= 11 is 0. The van der Waals surface area contributed by atoms with Crippen molar-refractivity contribution in [1.29, 1.82) is 0 Å². The van der Waals surface area contributed by atoms with Gasteiger partial charge in [-0.15, -0.1) is 0 Å². The molecule has 20 heavy (non-hydrogen) atoms. The van der Waals surface area contributed by atoms with Crippen molar-refractivity contribution in [1.82, 2.24) is 4.90 Å². The summed E-state index contributed by atoms with van der Waals surface area (Å²) in [6.45, 7) is 4.38. The standard InChI is InChI=1S/C15H29NO4/c1-4-5-6-7-8-11-16(12-9-14(17)19-2)13-10-15(18)20-3/h4-13H2,1-3H3. The lowest BCUT2D eigenvalue weighted by Gasteiger charge is -2.21. The van der Waals surface area contributed by atoms with Crippen LogP contribution in [0.1, 0.15) is 51.9 Å². The summed E-state index contributed by atoms with van der Waals surface area (Å²) in [5.41, 5.74) is 0. The lowest BCUT2D eigenvalue weighted by Crippen LogP contribution is -2.30. The van der Waals surface area contributed by atoms with E-state index in [4.69, 9.17) is 0 Å². The van der Waals surface area contributed by atoms with E-state index in [9.17, 15) is 9.59 Å². The summed E-state index contributed by atoms with van der Waals surface area (Å²) in [5, 5.41) is 0.